The van der Waals surface area contributed by atoms with Crippen molar-refractivity contribution in [1.29, 1.82) is 0 Å². The molecule has 1 aliphatic rings. The van der Waals surface area contributed by atoms with Crippen LogP contribution in [-0.2, 0) is 6.54 Å². The van der Waals surface area contributed by atoms with Crippen molar-refractivity contribution in [2.45, 2.75) is 32.2 Å². The molecule has 0 saturated carbocycles. The molecule has 1 amide bonds. The molecule has 0 aromatic carbocycles. The molecule has 4 heterocycles. The van der Waals surface area contributed by atoms with Gasteiger partial charge in [-0.05, 0) is 37.5 Å². The van der Waals surface area contributed by atoms with Gasteiger partial charge in [0.05, 0.1) is 11.3 Å². The molecule has 1 atom stereocenters. The Morgan fingerprint density at radius 3 is 2.85 bits per heavy atom. The Balaban J connectivity index is 1.52. The van der Waals surface area contributed by atoms with Crippen molar-refractivity contribution in [1.82, 2.24) is 29.4 Å². The first-order chi connectivity index (χ1) is 13.2. The SMILES string of the molecule is Cc1ncncc1C(=O)N1CCC[C@@H](c2nccn2Cc2ccncc2)C1. The third kappa shape index (κ3) is 3.72. The molecule has 0 N–H and O–H groups in total. The van der Waals surface area contributed by atoms with Crippen LogP contribution in [0.2, 0.25) is 0 Å². The second-order valence-corrected chi connectivity index (χ2v) is 6.88. The summed E-state index contributed by atoms with van der Waals surface area (Å²) in [4.78, 5) is 31.7. The molecule has 138 valence electrons. The van der Waals surface area contributed by atoms with Gasteiger partial charge in [0.1, 0.15) is 12.2 Å². The largest absolute Gasteiger partial charge is 0.338 e. The number of aryl methyl sites for hydroxylation is 1. The maximum absolute atomic E-state index is 12.9. The van der Waals surface area contributed by atoms with Gasteiger partial charge in [0.2, 0.25) is 0 Å². The third-order valence-corrected chi connectivity index (χ3v) is 5.07. The lowest BCUT2D eigenvalue weighted by molar-refractivity contribution is 0.0701. The van der Waals surface area contributed by atoms with Crippen molar-refractivity contribution in [3.05, 3.63) is 72.1 Å². The van der Waals surface area contributed by atoms with Crippen LogP contribution in [0.15, 0.2) is 49.4 Å². The summed E-state index contributed by atoms with van der Waals surface area (Å²) in [6.07, 6.45) is 12.5. The van der Waals surface area contributed by atoms with E-state index in [9.17, 15) is 4.79 Å². The lowest BCUT2D eigenvalue weighted by atomic mass is 9.96. The van der Waals surface area contributed by atoms with Crippen LogP contribution in [0.1, 0.15) is 46.2 Å². The number of likely N-dealkylation sites (tertiary alicyclic amines) is 1. The van der Waals surface area contributed by atoms with E-state index in [0.717, 1.165) is 37.4 Å². The van der Waals surface area contributed by atoms with Crippen molar-refractivity contribution < 1.29 is 4.79 Å². The van der Waals surface area contributed by atoms with Gasteiger partial charge in [0.25, 0.3) is 5.91 Å². The van der Waals surface area contributed by atoms with Crippen LogP contribution >= 0.6 is 0 Å². The average molecular weight is 362 g/mol. The molecule has 7 nitrogen and oxygen atoms in total. The highest BCUT2D eigenvalue weighted by atomic mass is 16.2. The Kier molecular flexibility index (Phi) is 4.91. The van der Waals surface area contributed by atoms with Crippen LogP contribution in [0.25, 0.3) is 0 Å². The Bertz CT molecular complexity index is 923. The Hall–Kier alpha value is -3.09. The molecular weight excluding hydrogens is 340 g/mol. The summed E-state index contributed by atoms with van der Waals surface area (Å²) in [5, 5.41) is 0. The van der Waals surface area contributed by atoms with Gasteiger partial charge < -0.3 is 9.47 Å². The molecule has 3 aromatic rings. The lowest BCUT2D eigenvalue weighted by Crippen LogP contribution is -2.40. The van der Waals surface area contributed by atoms with Crippen molar-refractivity contribution in [3.63, 3.8) is 0 Å². The van der Waals surface area contributed by atoms with E-state index in [1.54, 1.807) is 18.6 Å². The van der Waals surface area contributed by atoms with E-state index in [-0.39, 0.29) is 11.8 Å². The summed E-state index contributed by atoms with van der Waals surface area (Å²) in [6.45, 7) is 4.03. The van der Waals surface area contributed by atoms with Gasteiger partial charge in [-0.25, -0.2) is 15.0 Å². The second kappa shape index (κ2) is 7.65. The Morgan fingerprint density at radius 2 is 2.04 bits per heavy atom. The zero-order valence-electron chi connectivity index (χ0n) is 15.3. The highest BCUT2D eigenvalue weighted by Gasteiger charge is 2.28. The predicted molar refractivity (Wildman–Crippen MR) is 100 cm³/mol. The molecule has 0 bridgehead atoms. The fourth-order valence-corrected chi connectivity index (χ4v) is 3.64. The molecular formula is C20H22N6O. The van der Waals surface area contributed by atoms with E-state index in [0.29, 0.717) is 12.1 Å². The average Bonchev–Trinajstić information content (AvgIpc) is 3.17. The number of carbonyl (C=O) groups excluding carboxylic acids is 1. The predicted octanol–water partition coefficient (Wildman–Crippen LogP) is 2.44. The topological polar surface area (TPSA) is 76.8 Å². The minimum atomic E-state index is 0.00467. The van der Waals surface area contributed by atoms with E-state index in [1.807, 2.05) is 36.4 Å². The normalized spacial score (nSPS) is 17.1. The van der Waals surface area contributed by atoms with Gasteiger partial charge in [-0.3, -0.25) is 9.78 Å². The summed E-state index contributed by atoms with van der Waals surface area (Å²) in [6, 6.07) is 4.03. The van der Waals surface area contributed by atoms with Crippen LogP contribution in [0, 0.1) is 6.92 Å². The van der Waals surface area contributed by atoms with Crippen molar-refractivity contribution in [2.24, 2.45) is 0 Å². The number of pyridine rings is 1. The van der Waals surface area contributed by atoms with Crippen LogP contribution in [0.3, 0.4) is 0 Å². The molecule has 0 aliphatic carbocycles. The zero-order chi connectivity index (χ0) is 18.6. The Morgan fingerprint density at radius 1 is 1.19 bits per heavy atom. The monoisotopic (exact) mass is 362 g/mol. The maximum atomic E-state index is 12.9. The molecule has 4 rings (SSSR count). The van der Waals surface area contributed by atoms with Crippen LogP contribution < -0.4 is 0 Å². The second-order valence-electron chi connectivity index (χ2n) is 6.88. The van der Waals surface area contributed by atoms with Crippen LogP contribution in [0.4, 0.5) is 0 Å². The van der Waals surface area contributed by atoms with Gasteiger partial charge in [-0.2, -0.15) is 0 Å². The van der Waals surface area contributed by atoms with Gasteiger partial charge in [0.15, 0.2) is 0 Å². The molecule has 7 heteroatoms. The molecule has 1 aliphatic heterocycles. The molecule has 3 aromatic heterocycles. The molecule has 0 unspecified atom stereocenters. The highest BCUT2D eigenvalue weighted by molar-refractivity contribution is 5.95. The first kappa shape index (κ1) is 17.3. The summed E-state index contributed by atoms with van der Waals surface area (Å²) < 4.78 is 2.17. The maximum Gasteiger partial charge on any atom is 0.257 e. The minimum absolute atomic E-state index is 0.00467. The van der Waals surface area contributed by atoms with Crippen LogP contribution in [-0.4, -0.2) is 48.4 Å². The van der Waals surface area contributed by atoms with Gasteiger partial charge in [-0.15, -0.1) is 0 Å². The van der Waals surface area contributed by atoms with E-state index in [2.05, 4.69) is 24.5 Å². The van der Waals surface area contributed by atoms with E-state index in [1.165, 1.54) is 11.9 Å². The van der Waals surface area contributed by atoms with Crippen molar-refractivity contribution in [2.75, 3.05) is 13.1 Å². The lowest BCUT2D eigenvalue weighted by Gasteiger charge is -2.33. The first-order valence-corrected chi connectivity index (χ1v) is 9.18. The summed E-state index contributed by atoms with van der Waals surface area (Å²) in [7, 11) is 0. The zero-order valence-corrected chi connectivity index (χ0v) is 15.3. The van der Waals surface area contributed by atoms with Gasteiger partial charge >= 0.3 is 0 Å². The molecule has 27 heavy (non-hydrogen) atoms. The van der Waals surface area contributed by atoms with Gasteiger partial charge in [-0.1, -0.05) is 0 Å². The quantitative estimate of drug-likeness (QED) is 0.712. The summed E-state index contributed by atoms with van der Waals surface area (Å²) in [5.41, 5.74) is 2.49. The fraction of sp³-hybridized carbons (Fsp3) is 0.350. The standard InChI is InChI=1S/C20H22N6O/c1-15-18(11-22-14-24-15)20(27)26-9-2-3-17(13-26)19-23-8-10-25(19)12-16-4-6-21-7-5-16/h4-8,10-11,14,17H,2-3,9,12-13H2,1H3/t17-/m1/s1. The smallest absolute Gasteiger partial charge is 0.257 e. The number of imidazole rings is 1. The molecule has 1 fully saturated rings. The van der Waals surface area contributed by atoms with E-state index >= 15 is 0 Å². The number of amides is 1. The Labute approximate surface area is 158 Å². The number of carbonyl (C=O) groups is 1. The van der Waals surface area contributed by atoms with E-state index < -0.39 is 0 Å². The van der Waals surface area contributed by atoms with Crippen LogP contribution in [0.5, 0.6) is 0 Å². The molecule has 0 spiro atoms. The third-order valence-electron chi connectivity index (χ3n) is 5.07. The molecule has 0 radical (unpaired) electrons. The first-order valence-electron chi connectivity index (χ1n) is 9.18. The number of aromatic nitrogens is 5. The summed E-state index contributed by atoms with van der Waals surface area (Å²) in [5.74, 6) is 1.26. The molecule has 1 saturated heterocycles. The van der Waals surface area contributed by atoms with Crippen molar-refractivity contribution in [3.8, 4) is 0 Å². The number of piperidine rings is 1. The minimum Gasteiger partial charge on any atom is -0.338 e. The van der Waals surface area contributed by atoms with Gasteiger partial charge in [0, 0.05) is 56.5 Å². The van der Waals surface area contributed by atoms with E-state index in [4.69, 9.17) is 0 Å². The fourth-order valence-electron chi connectivity index (χ4n) is 3.64. The van der Waals surface area contributed by atoms with Crippen molar-refractivity contribution >= 4 is 5.91 Å². The number of hydrogen-bond acceptors (Lipinski definition) is 5. The summed E-state index contributed by atoms with van der Waals surface area (Å²) >= 11 is 0. The highest BCUT2D eigenvalue weighted by Crippen LogP contribution is 2.27. The number of hydrogen-bond donors (Lipinski definition) is 0. The number of rotatable bonds is 4. The number of nitrogens with zero attached hydrogens (tertiary/aromatic N) is 6.